The zero-order valence-corrected chi connectivity index (χ0v) is 13.2. The fourth-order valence-corrected chi connectivity index (χ4v) is 2.69. The zero-order chi connectivity index (χ0) is 14.8. The Hall–Kier alpha value is -1.72. The predicted octanol–water partition coefficient (Wildman–Crippen LogP) is 3.73. The van der Waals surface area contributed by atoms with Crippen LogP contribution in [0.1, 0.15) is 24.1 Å². The third-order valence-corrected chi connectivity index (χ3v) is 4.01. The quantitative estimate of drug-likeness (QED) is 0.882. The van der Waals surface area contributed by atoms with Gasteiger partial charge >= 0.3 is 0 Å². The standard InChI is InChI=1S/C16H16BrNO3/c1-10(11-3-2-4-13(17)5-11)18-8-12-6-15-16(7-14(12)19)21-9-20-15/h2-7,10,18-19H,8-9H2,1H3/t10-/m1/s1. The first-order valence-corrected chi connectivity index (χ1v) is 7.53. The highest BCUT2D eigenvalue weighted by molar-refractivity contribution is 9.10. The molecule has 1 aliphatic heterocycles. The Balaban J connectivity index is 1.70. The molecule has 2 aromatic rings. The summed E-state index contributed by atoms with van der Waals surface area (Å²) in [6.07, 6.45) is 0. The first-order valence-electron chi connectivity index (χ1n) is 6.74. The molecule has 110 valence electrons. The Morgan fingerprint density at radius 2 is 2.00 bits per heavy atom. The Kier molecular flexibility index (Phi) is 4.03. The summed E-state index contributed by atoms with van der Waals surface area (Å²) in [5.74, 6) is 1.49. The number of nitrogens with one attached hydrogen (secondary N) is 1. The Bertz CT molecular complexity index is 660. The number of fused-ring (bicyclic) bond motifs is 1. The lowest BCUT2D eigenvalue weighted by Crippen LogP contribution is -2.18. The van der Waals surface area contributed by atoms with Crippen molar-refractivity contribution < 1.29 is 14.6 Å². The molecule has 21 heavy (non-hydrogen) atoms. The number of halogens is 1. The zero-order valence-electron chi connectivity index (χ0n) is 11.6. The first-order chi connectivity index (χ1) is 10.1. The van der Waals surface area contributed by atoms with Gasteiger partial charge in [-0.25, -0.2) is 0 Å². The summed E-state index contributed by atoms with van der Waals surface area (Å²) in [5.41, 5.74) is 1.98. The molecule has 0 radical (unpaired) electrons. The lowest BCUT2D eigenvalue weighted by atomic mass is 10.1. The number of aromatic hydroxyl groups is 1. The summed E-state index contributed by atoms with van der Waals surface area (Å²) in [4.78, 5) is 0. The molecule has 1 heterocycles. The van der Waals surface area contributed by atoms with E-state index in [-0.39, 0.29) is 18.6 Å². The van der Waals surface area contributed by atoms with Crippen molar-refractivity contribution in [3.05, 3.63) is 52.0 Å². The van der Waals surface area contributed by atoms with Crippen LogP contribution in [0.3, 0.4) is 0 Å². The maximum atomic E-state index is 10.0. The molecule has 2 N–H and O–H groups in total. The maximum Gasteiger partial charge on any atom is 0.231 e. The minimum absolute atomic E-state index is 0.173. The largest absolute Gasteiger partial charge is 0.507 e. The lowest BCUT2D eigenvalue weighted by Gasteiger charge is -2.15. The van der Waals surface area contributed by atoms with Crippen LogP contribution < -0.4 is 14.8 Å². The number of rotatable bonds is 4. The van der Waals surface area contributed by atoms with Gasteiger partial charge in [-0.3, -0.25) is 0 Å². The van der Waals surface area contributed by atoms with E-state index in [1.807, 2.05) is 18.2 Å². The highest BCUT2D eigenvalue weighted by atomic mass is 79.9. The van der Waals surface area contributed by atoms with E-state index in [4.69, 9.17) is 9.47 Å². The minimum Gasteiger partial charge on any atom is -0.507 e. The van der Waals surface area contributed by atoms with Gasteiger partial charge in [0.15, 0.2) is 11.5 Å². The monoisotopic (exact) mass is 349 g/mol. The van der Waals surface area contributed by atoms with Crippen molar-refractivity contribution in [2.75, 3.05) is 6.79 Å². The molecule has 1 atom stereocenters. The van der Waals surface area contributed by atoms with Crippen molar-refractivity contribution in [2.45, 2.75) is 19.5 Å². The second-order valence-electron chi connectivity index (χ2n) is 4.99. The van der Waals surface area contributed by atoms with Crippen LogP contribution in [0.4, 0.5) is 0 Å². The number of benzene rings is 2. The summed E-state index contributed by atoms with van der Waals surface area (Å²) in [6, 6.07) is 11.8. The molecule has 0 aromatic heterocycles. The van der Waals surface area contributed by atoms with Gasteiger partial charge < -0.3 is 19.9 Å². The molecule has 3 rings (SSSR count). The summed E-state index contributed by atoms with van der Waals surface area (Å²) in [6.45, 7) is 2.85. The molecule has 0 fully saturated rings. The van der Waals surface area contributed by atoms with Gasteiger partial charge in [0.1, 0.15) is 5.75 Å². The van der Waals surface area contributed by atoms with Crippen LogP contribution in [0.25, 0.3) is 0 Å². The molecule has 0 spiro atoms. The number of hydrogen-bond donors (Lipinski definition) is 2. The second-order valence-corrected chi connectivity index (χ2v) is 5.91. The molecule has 0 amide bonds. The van der Waals surface area contributed by atoms with Crippen LogP contribution in [0.5, 0.6) is 17.2 Å². The Morgan fingerprint density at radius 3 is 2.76 bits per heavy atom. The Morgan fingerprint density at radius 1 is 1.24 bits per heavy atom. The molecule has 2 aromatic carbocycles. The predicted molar refractivity (Wildman–Crippen MR) is 83.6 cm³/mol. The highest BCUT2D eigenvalue weighted by Crippen LogP contribution is 2.37. The van der Waals surface area contributed by atoms with Gasteiger partial charge in [0.05, 0.1) is 0 Å². The molecule has 0 aliphatic carbocycles. The van der Waals surface area contributed by atoms with Crippen molar-refractivity contribution in [1.29, 1.82) is 0 Å². The Labute approximate surface area is 131 Å². The maximum absolute atomic E-state index is 10.0. The SMILES string of the molecule is C[C@@H](NCc1cc2c(cc1O)OCO2)c1cccc(Br)c1. The molecule has 0 saturated heterocycles. The number of phenolic OH excluding ortho intramolecular Hbond substituents is 1. The molecule has 0 bridgehead atoms. The van der Waals surface area contributed by atoms with Gasteiger partial charge in [-0.1, -0.05) is 28.1 Å². The van der Waals surface area contributed by atoms with Gasteiger partial charge in [-0.2, -0.15) is 0 Å². The van der Waals surface area contributed by atoms with E-state index >= 15 is 0 Å². The molecule has 1 aliphatic rings. The normalized spacial score (nSPS) is 14.2. The molecule has 4 nitrogen and oxygen atoms in total. The number of ether oxygens (including phenoxy) is 2. The van der Waals surface area contributed by atoms with Crippen LogP contribution in [0, 0.1) is 0 Å². The molecular weight excluding hydrogens is 334 g/mol. The average Bonchev–Trinajstić information content (AvgIpc) is 2.91. The summed E-state index contributed by atoms with van der Waals surface area (Å²) >= 11 is 3.47. The van der Waals surface area contributed by atoms with E-state index in [1.165, 1.54) is 5.56 Å². The van der Waals surface area contributed by atoms with Crippen molar-refractivity contribution in [3.8, 4) is 17.2 Å². The van der Waals surface area contributed by atoms with Crippen molar-refractivity contribution in [1.82, 2.24) is 5.32 Å². The third kappa shape index (κ3) is 3.14. The third-order valence-electron chi connectivity index (χ3n) is 3.52. The average molecular weight is 350 g/mol. The fraction of sp³-hybridized carbons (Fsp3) is 0.250. The van der Waals surface area contributed by atoms with E-state index in [2.05, 4.69) is 40.3 Å². The van der Waals surface area contributed by atoms with Gasteiger partial charge in [-0.05, 0) is 30.7 Å². The van der Waals surface area contributed by atoms with Crippen molar-refractivity contribution in [3.63, 3.8) is 0 Å². The summed E-state index contributed by atoms with van der Waals surface area (Å²) in [5, 5.41) is 13.4. The van der Waals surface area contributed by atoms with Crippen LogP contribution in [0.15, 0.2) is 40.9 Å². The van der Waals surface area contributed by atoms with Gasteiger partial charge in [0, 0.05) is 28.7 Å². The lowest BCUT2D eigenvalue weighted by molar-refractivity contribution is 0.174. The van der Waals surface area contributed by atoms with Gasteiger partial charge in [0.2, 0.25) is 6.79 Å². The number of hydrogen-bond acceptors (Lipinski definition) is 4. The fourth-order valence-electron chi connectivity index (χ4n) is 2.27. The second kappa shape index (κ2) is 5.95. The topological polar surface area (TPSA) is 50.7 Å². The van der Waals surface area contributed by atoms with E-state index in [0.717, 1.165) is 10.0 Å². The smallest absolute Gasteiger partial charge is 0.231 e. The minimum atomic E-state index is 0.173. The van der Waals surface area contributed by atoms with Crippen molar-refractivity contribution in [2.24, 2.45) is 0 Å². The van der Waals surface area contributed by atoms with E-state index in [0.29, 0.717) is 18.0 Å². The summed E-state index contributed by atoms with van der Waals surface area (Å²) in [7, 11) is 0. The van der Waals surface area contributed by atoms with Crippen LogP contribution in [-0.2, 0) is 6.54 Å². The molecular formula is C16H16BrNO3. The van der Waals surface area contributed by atoms with Crippen LogP contribution in [-0.4, -0.2) is 11.9 Å². The first kappa shape index (κ1) is 14.2. The molecule has 0 saturated carbocycles. The van der Waals surface area contributed by atoms with Crippen LogP contribution >= 0.6 is 15.9 Å². The van der Waals surface area contributed by atoms with Crippen LogP contribution in [0.2, 0.25) is 0 Å². The molecule has 5 heteroatoms. The molecule has 0 unspecified atom stereocenters. The summed E-state index contributed by atoms with van der Waals surface area (Å²) < 4.78 is 11.6. The van der Waals surface area contributed by atoms with Crippen molar-refractivity contribution >= 4 is 15.9 Å². The van der Waals surface area contributed by atoms with E-state index in [1.54, 1.807) is 6.07 Å². The van der Waals surface area contributed by atoms with Gasteiger partial charge in [-0.15, -0.1) is 0 Å². The van der Waals surface area contributed by atoms with Gasteiger partial charge in [0.25, 0.3) is 0 Å². The highest BCUT2D eigenvalue weighted by Gasteiger charge is 2.17. The number of phenols is 1. The van der Waals surface area contributed by atoms with E-state index in [9.17, 15) is 5.11 Å². The van der Waals surface area contributed by atoms with E-state index < -0.39 is 0 Å².